The van der Waals surface area contributed by atoms with Gasteiger partial charge in [0, 0.05) is 48.5 Å². The molecule has 4 N–H and O–H groups in total. The SMILES string of the molecule is Cc1cc(F)cc(C)c1Oc1ccc(C(C)(C)O)cc1-c1cn(C)c(=O)c2cc(C(=O)NCCCCCOc3cccc4c3CN(C3CCC(=O)NC3=O)C4=O)[nH]c12. The van der Waals surface area contributed by atoms with E-state index in [-0.39, 0.29) is 54.2 Å². The number of nitrogens with zero attached hydrogens (tertiary/aromatic N) is 2. The first-order valence-corrected chi connectivity index (χ1v) is 19.3. The van der Waals surface area contributed by atoms with Crippen molar-refractivity contribution in [2.45, 2.75) is 78.0 Å². The molecule has 13 nitrogen and oxygen atoms in total. The number of pyridine rings is 1. The van der Waals surface area contributed by atoms with Crippen LogP contribution in [0.25, 0.3) is 22.0 Å². The maximum Gasteiger partial charge on any atom is 0.267 e. The fraction of sp³-hybridized carbons (Fsp3) is 0.341. The lowest BCUT2D eigenvalue weighted by molar-refractivity contribution is -0.136. The van der Waals surface area contributed by atoms with Gasteiger partial charge in [0.2, 0.25) is 11.8 Å². The summed E-state index contributed by atoms with van der Waals surface area (Å²) < 4.78 is 28.1. The van der Waals surface area contributed by atoms with E-state index >= 15 is 0 Å². The molecule has 0 saturated carbocycles. The zero-order valence-electron chi connectivity index (χ0n) is 33.1. The predicted octanol–water partition coefficient (Wildman–Crippen LogP) is 6.05. The van der Waals surface area contributed by atoms with E-state index in [9.17, 15) is 33.5 Å². The molecule has 1 unspecified atom stereocenters. The summed E-state index contributed by atoms with van der Waals surface area (Å²) >= 11 is 0. The lowest BCUT2D eigenvalue weighted by Crippen LogP contribution is -2.52. The predicted molar refractivity (Wildman–Crippen MR) is 214 cm³/mol. The van der Waals surface area contributed by atoms with E-state index in [2.05, 4.69) is 15.6 Å². The van der Waals surface area contributed by atoms with Crippen LogP contribution in [-0.2, 0) is 28.8 Å². The molecule has 2 aliphatic rings. The van der Waals surface area contributed by atoms with Crippen LogP contribution in [0.3, 0.4) is 0 Å². The zero-order chi connectivity index (χ0) is 41.5. The van der Waals surface area contributed by atoms with Gasteiger partial charge in [-0.25, -0.2) is 4.39 Å². The molecule has 7 rings (SSSR count). The van der Waals surface area contributed by atoms with Crippen molar-refractivity contribution in [1.29, 1.82) is 0 Å². The van der Waals surface area contributed by atoms with Crippen LogP contribution in [0.1, 0.15) is 89.1 Å². The third-order valence-corrected chi connectivity index (χ3v) is 10.7. The number of unbranched alkanes of at least 4 members (excludes halogenated alkanes) is 2. The van der Waals surface area contributed by atoms with Crippen molar-refractivity contribution in [3.63, 3.8) is 0 Å². The van der Waals surface area contributed by atoms with Crippen LogP contribution in [-0.4, -0.2) is 62.4 Å². The Morgan fingerprint density at radius 2 is 1.72 bits per heavy atom. The number of amides is 4. The molecule has 1 fully saturated rings. The molecule has 0 aliphatic carbocycles. The number of carbonyl (C=O) groups excluding carboxylic acids is 4. The molecule has 302 valence electrons. The summed E-state index contributed by atoms with van der Waals surface area (Å²) in [6.45, 7) is 7.82. The number of hydrogen-bond acceptors (Lipinski definition) is 8. The molecular formula is C44H46FN5O8. The smallest absolute Gasteiger partial charge is 0.267 e. The number of H-pyrrole nitrogens is 1. The first kappa shape index (κ1) is 39.9. The van der Waals surface area contributed by atoms with Gasteiger partial charge >= 0.3 is 0 Å². The van der Waals surface area contributed by atoms with Gasteiger partial charge in [-0.2, -0.15) is 0 Å². The van der Waals surface area contributed by atoms with Crippen molar-refractivity contribution in [1.82, 2.24) is 25.1 Å². The fourth-order valence-electron chi connectivity index (χ4n) is 7.62. The number of imide groups is 1. The molecule has 3 aromatic carbocycles. The number of aryl methyl sites for hydroxylation is 3. The van der Waals surface area contributed by atoms with E-state index in [1.165, 1.54) is 27.7 Å². The van der Waals surface area contributed by atoms with Gasteiger partial charge in [-0.15, -0.1) is 0 Å². The van der Waals surface area contributed by atoms with E-state index in [0.717, 1.165) is 6.42 Å². The Kier molecular flexibility index (Phi) is 11.0. The van der Waals surface area contributed by atoms with Crippen LogP contribution in [0, 0.1) is 19.7 Å². The molecular weight excluding hydrogens is 746 g/mol. The monoisotopic (exact) mass is 791 g/mol. The number of fused-ring (bicyclic) bond motifs is 2. The summed E-state index contributed by atoms with van der Waals surface area (Å²) in [6, 6.07) is 14.1. The van der Waals surface area contributed by atoms with Crippen LogP contribution < -0.4 is 25.7 Å². The number of rotatable bonds is 13. The highest BCUT2D eigenvalue weighted by atomic mass is 19.1. The Hall–Kier alpha value is -6.28. The maximum atomic E-state index is 14.1. The minimum absolute atomic E-state index is 0.181. The molecule has 4 heterocycles. The Morgan fingerprint density at radius 3 is 2.45 bits per heavy atom. The van der Waals surface area contributed by atoms with Crippen LogP contribution in [0.2, 0.25) is 0 Å². The number of ether oxygens (including phenoxy) is 2. The van der Waals surface area contributed by atoms with Crippen molar-refractivity contribution >= 4 is 34.5 Å². The molecule has 58 heavy (non-hydrogen) atoms. The Bertz CT molecular complexity index is 2510. The summed E-state index contributed by atoms with van der Waals surface area (Å²) in [5.74, 6) is -0.356. The molecule has 0 bridgehead atoms. The van der Waals surface area contributed by atoms with Crippen molar-refractivity contribution in [3.8, 4) is 28.4 Å². The second kappa shape index (κ2) is 15.9. The van der Waals surface area contributed by atoms with E-state index in [1.807, 2.05) is 0 Å². The third kappa shape index (κ3) is 7.97. The maximum absolute atomic E-state index is 14.1. The average Bonchev–Trinajstić information content (AvgIpc) is 3.76. The largest absolute Gasteiger partial charge is 0.493 e. The van der Waals surface area contributed by atoms with Gasteiger partial charge in [-0.3, -0.25) is 29.3 Å². The highest BCUT2D eigenvalue weighted by Crippen LogP contribution is 2.41. The highest BCUT2D eigenvalue weighted by Gasteiger charge is 2.40. The topological polar surface area (TPSA) is 172 Å². The molecule has 5 aromatic rings. The molecule has 0 spiro atoms. The molecule has 0 radical (unpaired) electrons. The molecule has 2 aromatic heterocycles. The Labute approximate surface area is 334 Å². The van der Waals surface area contributed by atoms with Crippen molar-refractivity contribution < 1.29 is 38.1 Å². The van der Waals surface area contributed by atoms with E-state index in [1.54, 1.807) is 77.3 Å². The van der Waals surface area contributed by atoms with Gasteiger partial charge in [0.05, 0.1) is 29.7 Å². The number of aromatic amines is 1. The summed E-state index contributed by atoms with van der Waals surface area (Å²) in [5.41, 5.74) is 3.23. The molecule has 4 amide bonds. The summed E-state index contributed by atoms with van der Waals surface area (Å²) in [6.07, 6.45) is 4.19. The number of benzene rings is 3. The van der Waals surface area contributed by atoms with Gasteiger partial charge < -0.3 is 34.3 Å². The second-order valence-corrected chi connectivity index (χ2v) is 15.5. The zero-order valence-corrected chi connectivity index (χ0v) is 33.1. The number of piperidine rings is 1. The van der Waals surface area contributed by atoms with E-state index < -0.39 is 17.6 Å². The van der Waals surface area contributed by atoms with Gasteiger partial charge in [0.1, 0.15) is 34.8 Å². The lowest BCUT2D eigenvalue weighted by Gasteiger charge is -2.29. The number of hydrogen-bond donors (Lipinski definition) is 4. The summed E-state index contributed by atoms with van der Waals surface area (Å²) in [4.78, 5) is 68.6. The van der Waals surface area contributed by atoms with E-state index in [0.29, 0.717) is 93.1 Å². The number of aliphatic hydroxyl groups is 1. The van der Waals surface area contributed by atoms with Crippen molar-refractivity contribution in [2.75, 3.05) is 13.2 Å². The van der Waals surface area contributed by atoms with Gasteiger partial charge in [0.15, 0.2) is 0 Å². The molecule has 1 saturated heterocycles. The second-order valence-electron chi connectivity index (χ2n) is 15.5. The highest BCUT2D eigenvalue weighted by molar-refractivity contribution is 6.06. The fourth-order valence-corrected chi connectivity index (χ4v) is 7.62. The van der Waals surface area contributed by atoms with Crippen LogP contribution in [0.5, 0.6) is 17.2 Å². The number of carbonyl (C=O) groups is 4. The van der Waals surface area contributed by atoms with Crippen molar-refractivity contribution in [3.05, 3.63) is 110 Å². The van der Waals surface area contributed by atoms with Gasteiger partial charge in [-0.1, -0.05) is 12.1 Å². The van der Waals surface area contributed by atoms with Crippen LogP contribution >= 0.6 is 0 Å². The van der Waals surface area contributed by atoms with E-state index in [4.69, 9.17) is 9.47 Å². The first-order chi connectivity index (χ1) is 27.6. The van der Waals surface area contributed by atoms with Crippen LogP contribution in [0.15, 0.2) is 65.6 Å². The summed E-state index contributed by atoms with van der Waals surface area (Å²) in [5, 5.41) is 16.5. The number of nitrogens with one attached hydrogen (secondary N) is 3. The van der Waals surface area contributed by atoms with Gasteiger partial charge in [0.25, 0.3) is 17.4 Å². The standard InChI is InChI=1S/C44H46FN5O8/c1-24-18-27(45)19-25(2)39(24)58-36-14-12-26(44(3,4)56)20-29(36)32-22-49(5)42(54)30-21-33(47-38(30)32)40(52)46-16-7-6-8-17-57-35-11-9-10-28-31(35)23-50(43(28)55)34-13-15-37(51)48-41(34)53/h9-12,14,18-22,34,47,56H,6-8,13,15-17,23H2,1-5H3,(H,46,52)(H,48,51,53). The first-order valence-electron chi connectivity index (χ1n) is 19.3. The average molecular weight is 792 g/mol. The minimum Gasteiger partial charge on any atom is -0.493 e. The molecule has 1 atom stereocenters. The number of aromatic nitrogens is 2. The van der Waals surface area contributed by atoms with Gasteiger partial charge in [-0.05, 0) is 113 Å². The quantitative estimate of drug-likeness (QED) is 0.0825. The Morgan fingerprint density at radius 1 is 0.966 bits per heavy atom. The Balaban J connectivity index is 1.01. The molecule has 2 aliphatic heterocycles. The minimum atomic E-state index is -1.20. The number of halogens is 1. The van der Waals surface area contributed by atoms with Crippen LogP contribution in [0.4, 0.5) is 4.39 Å². The summed E-state index contributed by atoms with van der Waals surface area (Å²) in [7, 11) is 1.62. The van der Waals surface area contributed by atoms with Crippen molar-refractivity contribution in [2.24, 2.45) is 7.05 Å². The third-order valence-electron chi connectivity index (χ3n) is 10.7. The molecule has 14 heteroatoms. The normalized spacial score (nSPS) is 15.5. The lowest BCUT2D eigenvalue weighted by atomic mass is 9.93.